The van der Waals surface area contributed by atoms with Crippen LogP contribution in [-0.2, 0) is 4.79 Å². The SMILES string of the molecule is NNC(=O)CCCCOc1cc(Cl)c(Br)cc1Cl. The van der Waals surface area contributed by atoms with E-state index in [0.29, 0.717) is 35.2 Å². The molecule has 1 rings (SSSR count). The molecule has 0 unspecified atom stereocenters. The van der Waals surface area contributed by atoms with Crippen molar-refractivity contribution in [1.82, 2.24) is 5.43 Å². The van der Waals surface area contributed by atoms with Gasteiger partial charge >= 0.3 is 0 Å². The summed E-state index contributed by atoms with van der Waals surface area (Å²) >= 11 is 15.2. The average molecular weight is 356 g/mol. The Kier molecular flexibility index (Phi) is 6.78. The standard InChI is InChI=1S/C11H13BrCl2N2O2/c12-7-5-9(14)10(6-8(7)13)18-4-2-1-3-11(17)16-15/h5-6H,1-4,15H2,(H,16,17). The van der Waals surface area contributed by atoms with E-state index in [1.54, 1.807) is 12.1 Å². The second kappa shape index (κ2) is 7.84. The molecular formula is C11H13BrCl2N2O2. The average Bonchev–Trinajstić information content (AvgIpc) is 2.34. The predicted molar refractivity (Wildman–Crippen MR) is 75.8 cm³/mol. The summed E-state index contributed by atoms with van der Waals surface area (Å²) < 4.78 is 6.21. The topological polar surface area (TPSA) is 64.3 Å². The highest BCUT2D eigenvalue weighted by molar-refractivity contribution is 9.10. The van der Waals surface area contributed by atoms with Crippen molar-refractivity contribution in [1.29, 1.82) is 0 Å². The molecule has 0 aliphatic rings. The van der Waals surface area contributed by atoms with Gasteiger partial charge in [-0.3, -0.25) is 10.2 Å². The number of ether oxygens (including phenoxy) is 1. The molecule has 1 amide bonds. The third-order valence-corrected chi connectivity index (χ3v) is 3.68. The van der Waals surface area contributed by atoms with Crippen molar-refractivity contribution >= 4 is 45.0 Å². The van der Waals surface area contributed by atoms with Crippen molar-refractivity contribution in [3.63, 3.8) is 0 Å². The first-order valence-electron chi connectivity index (χ1n) is 5.31. The third-order valence-electron chi connectivity index (χ3n) is 2.19. The van der Waals surface area contributed by atoms with Crippen LogP contribution in [0.3, 0.4) is 0 Å². The van der Waals surface area contributed by atoms with E-state index in [9.17, 15) is 4.79 Å². The highest BCUT2D eigenvalue weighted by Gasteiger charge is 2.06. The molecule has 0 aliphatic heterocycles. The van der Waals surface area contributed by atoms with Crippen LogP contribution in [-0.4, -0.2) is 12.5 Å². The van der Waals surface area contributed by atoms with Crippen LogP contribution >= 0.6 is 39.1 Å². The summed E-state index contributed by atoms with van der Waals surface area (Å²) in [6.45, 7) is 0.468. The molecule has 0 aromatic heterocycles. The minimum atomic E-state index is -0.181. The van der Waals surface area contributed by atoms with Crippen LogP contribution in [0.4, 0.5) is 0 Å². The molecule has 7 heteroatoms. The van der Waals surface area contributed by atoms with E-state index in [1.807, 2.05) is 0 Å². The van der Waals surface area contributed by atoms with Crippen molar-refractivity contribution in [2.45, 2.75) is 19.3 Å². The zero-order valence-corrected chi connectivity index (χ0v) is 12.6. The summed E-state index contributed by atoms with van der Waals surface area (Å²) in [5, 5.41) is 1.03. The molecular weight excluding hydrogens is 343 g/mol. The Bertz CT molecular complexity index is 430. The predicted octanol–water partition coefficient (Wildman–Crippen LogP) is 3.29. The van der Waals surface area contributed by atoms with Gasteiger partial charge in [0.25, 0.3) is 0 Å². The Morgan fingerprint density at radius 1 is 1.33 bits per heavy atom. The number of benzene rings is 1. The number of nitrogens with one attached hydrogen (secondary N) is 1. The minimum Gasteiger partial charge on any atom is -0.492 e. The maximum absolute atomic E-state index is 10.9. The molecule has 0 heterocycles. The van der Waals surface area contributed by atoms with Crippen molar-refractivity contribution in [3.8, 4) is 5.75 Å². The lowest BCUT2D eigenvalue weighted by molar-refractivity contribution is -0.121. The number of hydrogen-bond donors (Lipinski definition) is 2. The highest BCUT2D eigenvalue weighted by atomic mass is 79.9. The number of unbranched alkanes of at least 4 members (excludes halogenated alkanes) is 1. The second-order valence-corrected chi connectivity index (χ2v) is 5.24. The molecule has 3 N–H and O–H groups in total. The molecule has 1 aromatic rings. The molecule has 0 radical (unpaired) electrons. The van der Waals surface area contributed by atoms with Gasteiger partial charge in [0.05, 0.1) is 16.7 Å². The zero-order chi connectivity index (χ0) is 13.5. The molecule has 4 nitrogen and oxygen atoms in total. The van der Waals surface area contributed by atoms with Gasteiger partial charge in [0.1, 0.15) is 5.75 Å². The van der Waals surface area contributed by atoms with Gasteiger partial charge in [0, 0.05) is 17.0 Å². The first-order chi connectivity index (χ1) is 8.54. The molecule has 0 saturated carbocycles. The molecule has 100 valence electrons. The van der Waals surface area contributed by atoms with Crippen LogP contribution in [0.25, 0.3) is 0 Å². The monoisotopic (exact) mass is 354 g/mol. The van der Waals surface area contributed by atoms with Crippen molar-refractivity contribution in [2.24, 2.45) is 5.84 Å². The van der Waals surface area contributed by atoms with Gasteiger partial charge in [-0.1, -0.05) is 23.2 Å². The van der Waals surface area contributed by atoms with Crippen molar-refractivity contribution in [2.75, 3.05) is 6.61 Å². The normalized spacial score (nSPS) is 10.2. The molecule has 0 fully saturated rings. The summed E-state index contributed by atoms with van der Waals surface area (Å²) in [4.78, 5) is 10.9. The van der Waals surface area contributed by atoms with E-state index in [4.69, 9.17) is 33.8 Å². The number of hydrazine groups is 1. The summed E-state index contributed by atoms with van der Waals surface area (Å²) in [5.74, 6) is 5.32. The summed E-state index contributed by atoms with van der Waals surface area (Å²) in [5.41, 5.74) is 2.07. The molecule has 18 heavy (non-hydrogen) atoms. The fourth-order valence-electron chi connectivity index (χ4n) is 1.26. The Balaban J connectivity index is 2.36. The lowest BCUT2D eigenvalue weighted by Gasteiger charge is -2.09. The number of amides is 1. The molecule has 0 saturated heterocycles. The van der Waals surface area contributed by atoms with Gasteiger partial charge in [-0.2, -0.15) is 0 Å². The number of carbonyl (C=O) groups is 1. The number of hydrogen-bond acceptors (Lipinski definition) is 3. The first kappa shape index (κ1) is 15.6. The minimum absolute atomic E-state index is 0.181. The van der Waals surface area contributed by atoms with E-state index in [0.717, 1.165) is 10.9 Å². The van der Waals surface area contributed by atoms with E-state index < -0.39 is 0 Å². The highest BCUT2D eigenvalue weighted by Crippen LogP contribution is 2.34. The van der Waals surface area contributed by atoms with Gasteiger partial charge < -0.3 is 4.74 Å². The molecule has 0 bridgehead atoms. The van der Waals surface area contributed by atoms with Gasteiger partial charge in [-0.15, -0.1) is 0 Å². The van der Waals surface area contributed by atoms with Gasteiger partial charge in [-0.25, -0.2) is 5.84 Å². The number of nitrogens with two attached hydrogens (primary N) is 1. The van der Waals surface area contributed by atoms with Crippen LogP contribution in [0.1, 0.15) is 19.3 Å². The fourth-order valence-corrected chi connectivity index (χ4v) is 2.10. The van der Waals surface area contributed by atoms with Gasteiger partial charge in [0.15, 0.2) is 0 Å². The van der Waals surface area contributed by atoms with E-state index >= 15 is 0 Å². The second-order valence-electron chi connectivity index (χ2n) is 3.57. The zero-order valence-electron chi connectivity index (χ0n) is 9.51. The van der Waals surface area contributed by atoms with Gasteiger partial charge in [0.2, 0.25) is 5.91 Å². The van der Waals surface area contributed by atoms with Crippen LogP contribution < -0.4 is 16.0 Å². The maximum atomic E-state index is 10.9. The number of halogens is 3. The Labute approximate surface area is 124 Å². The number of rotatable bonds is 6. The van der Waals surface area contributed by atoms with Crippen molar-refractivity contribution < 1.29 is 9.53 Å². The fraction of sp³-hybridized carbons (Fsp3) is 0.364. The summed E-state index contributed by atoms with van der Waals surface area (Å²) in [7, 11) is 0. The Morgan fingerprint density at radius 3 is 2.72 bits per heavy atom. The van der Waals surface area contributed by atoms with Crippen LogP contribution in [0, 0.1) is 0 Å². The van der Waals surface area contributed by atoms with Crippen LogP contribution in [0.15, 0.2) is 16.6 Å². The smallest absolute Gasteiger partial charge is 0.233 e. The van der Waals surface area contributed by atoms with E-state index in [1.165, 1.54) is 0 Å². The number of carbonyl (C=O) groups excluding carboxylic acids is 1. The van der Waals surface area contributed by atoms with E-state index in [2.05, 4.69) is 21.4 Å². The molecule has 0 aliphatic carbocycles. The van der Waals surface area contributed by atoms with Crippen LogP contribution in [0.2, 0.25) is 10.0 Å². The largest absolute Gasteiger partial charge is 0.492 e. The maximum Gasteiger partial charge on any atom is 0.233 e. The Hall–Kier alpha value is -0.490. The van der Waals surface area contributed by atoms with Crippen molar-refractivity contribution in [3.05, 3.63) is 26.7 Å². The summed E-state index contributed by atoms with van der Waals surface area (Å²) in [6, 6.07) is 3.33. The van der Waals surface area contributed by atoms with Crippen LogP contribution in [0.5, 0.6) is 5.75 Å². The Morgan fingerprint density at radius 2 is 2.06 bits per heavy atom. The quantitative estimate of drug-likeness (QED) is 0.270. The first-order valence-corrected chi connectivity index (χ1v) is 6.86. The van der Waals surface area contributed by atoms with Gasteiger partial charge in [-0.05, 0) is 34.8 Å². The molecule has 0 spiro atoms. The van der Waals surface area contributed by atoms with E-state index in [-0.39, 0.29) is 5.91 Å². The third kappa shape index (κ3) is 5.02. The lowest BCUT2D eigenvalue weighted by atomic mass is 10.2. The summed E-state index contributed by atoms with van der Waals surface area (Å²) in [6.07, 6.45) is 1.82. The molecule has 1 aromatic carbocycles. The molecule has 0 atom stereocenters. The lowest BCUT2D eigenvalue weighted by Crippen LogP contribution is -2.29.